The molecule has 17 heavy (non-hydrogen) atoms. The van der Waals surface area contributed by atoms with Gasteiger partial charge in [0.05, 0.1) is 29.8 Å². The van der Waals surface area contributed by atoms with Gasteiger partial charge in [0.2, 0.25) is 0 Å². The summed E-state index contributed by atoms with van der Waals surface area (Å²) in [6.45, 7) is 3.94. The third-order valence-electron chi connectivity index (χ3n) is 3.01. The summed E-state index contributed by atoms with van der Waals surface area (Å²) < 4.78 is 7.74. The summed E-state index contributed by atoms with van der Waals surface area (Å²) in [6.07, 6.45) is 1.64. The van der Waals surface area contributed by atoms with Crippen molar-refractivity contribution in [1.29, 1.82) is 0 Å². The molecule has 0 aromatic carbocycles. The Morgan fingerprint density at radius 1 is 1.71 bits per heavy atom. The number of rotatable bonds is 4. The van der Waals surface area contributed by atoms with Crippen LogP contribution >= 0.6 is 15.9 Å². The zero-order valence-electron chi connectivity index (χ0n) is 9.94. The molecule has 0 bridgehead atoms. The van der Waals surface area contributed by atoms with Crippen LogP contribution in [-0.2, 0) is 11.8 Å². The summed E-state index contributed by atoms with van der Waals surface area (Å²) in [5.41, 5.74) is 0.614. The lowest BCUT2D eigenvalue weighted by Crippen LogP contribution is -2.39. The molecule has 5 nitrogen and oxygen atoms in total. The van der Waals surface area contributed by atoms with Crippen molar-refractivity contribution in [3.8, 4) is 0 Å². The Hall–Kier alpha value is -0.720. The zero-order valence-corrected chi connectivity index (χ0v) is 11.5. The van der Waals surface area contributed by atoms with E-state index in [1.165, 1.54) is 0 Å². The van der Waals surface area contributed by atoms with Crippen molar-refractivity contribution in [3.05, 3.63) is 16.4 Å². The molecule has 0 spiro atoms. The average molecular weight is 302 g/mol. The summed E-state index contributed by atoms with van der Waals surface area (Å²) in [7, 11) is 1.77. The van der Waals surface area contributed by atoms with E-state index in [1.54, 1.807) is 17.9 Å². The molecule has 0 radical (unpaired) electrons. The highest BCUT2D eigenvalue weighted by Gasteiger charge is 2.35. The molecule has 2 heterocycles. The number of nitrogens with zero attached hydrogens (tertiary/aromatic N) is 2. The van der Waals surface area contributed by atoms with Crippen LogP contribution in [0.3, 0.4) is 0 Å². The lowest BCUT2D eigenvalue weighted by atomic mass is 9.96. The van der Waals surface area contributed by atoms with Crippen molar-refractivity contribution in [2.24, 2.45) is 13.0 Å². The summed E-state index contributed by atoms with van der Waals surface area (Å²) in [5.74, 6) is -0.0398. The average Bonchev–Trinajstić information content (AvgIpc) is 2.86. The number of hydrogen-bond acceptors (Lipinski definition) is 4. The van der Waals surface area contributed by atoms with Crippen LogP contribution in [0.5, 0.6) is 0 Å². The van der Waals surface area contributed by atoms with E-state index < -0.39 is 0 Å². The van der Waals surface area contributed by atoms with Gasteiger partial charge in [-0.05, 0) is 22.5 Å². The van der Waals surface area contributed by atoms with E-state index in [2.05, 4.69) is 26.3 Å². The van der Waals surface area contributed by atoms with E-state index in [9.17, 15) is 4.79 Å². The van der Waals surface area contributed by atoms with Crippen LogP contribution in [0.15, 0.2) is 10.7 Å². The van der Waals surface area contributed by atoms with E-state index in [4.69, 9.17) is 4.74 Å². The number of aryl methyl sites for hydroxylation is 1. The summed E-state index contributed by atoms with van der Waals surface area (Å²) in [4.78, 5) is 12.4. The molecule has 1 aromatic heterocycles. The van der Waals surface area contributed by atoms with Crippen LogP contribution in [0.2, 0.25) is 0 Å². The normalized spacial score (nSPS) is 24.2. The maximum absolute atomic E-state index is 12.4. The second-order valence-corrected chi connectivity index (χ2v) is 4.99. The van der Waals surface area contributed by atoms with Crippen LogP contribution < -0.4 is 5.32 Å². The van der Waals surface area contributed by atoms with E-state index in [0.717, 1.165) is 11.0 Å². The molecule has 1 aromatic rings. The predicted octanol–water partition coefficient (Wildman–Crippen LogP) is 0.990. The molecule has 0 amide bonds. The first-order valence-corrected chi connectivity index (χ1v) is 6.47. The summed E-state index contributed by atoms with van der Waals surface area (Å²) in [6, 6.07) is 0.106. The second kappa shape index (κ2) is 5.29. The van der Waals surface area contributed by atoms with Crippen molar-refractivity contribution < 1.29 is 9.53 Å². The molecule has 1 aliphatic heterocycles. The third-order valence-corrected chi connectivity index (χ3v) is 3.59. The van der Waals surface area contributed by atoms with Crippen LogP contribution in [0.1, 0.15) is 17.4 Å². The number of hydrogen-bond donors (Lipinski definition) is 1. The SMILES string of the molecule is CCNC1COCC1C(=O)c1c(Br)cnn1C. The minimum absolute atomic E-state index is 0.0836. The van der Waals surface area contributed by atoms with Gasteiger partial charge in [0.25, 0.3) is 0 Å². The fourth-order valence-electron chi connectivity index (χ4n) is 2.14. The fourth-order valence-corrected chi connectivity index (χ4v) is 2.68. The molecule has 2 rings (SSSR count). The number of Topliss-reactive ketones (excluding diaryl/α,β-unsaturated/α-hetero) is 1. The van der Waals surface area contributed by atoms with Crippen LogP contribution in [-0.4, -0.2) is 41.4 Å². The van der Waals surface area contributed by atoms with Gasteiger partial charge in [0.1, 0.15) is 5.69 Å². The smallest absolute Gasteiger partial charge is 0.189 e. The third kappa shape index (κ3) is 2.43. The first-order chi connectivity index (χ1) is 8.15. The molecular weight excluding hydrogens is 286 g/mol. The lowest BCUT2D eigenvalue weighted by molar-refractivity contribution is 0.0881. The fraction of sp³-hybridized carbons (Fsp3) is 0.636. The quantitative estimate of drug-likeness (QED) is 0.843. The molecule has 1 saturated heterocycles. The molecule has 0 saturated carbocycles. The largest absolute Gasteiger partial charge is 0.379 e. The van der Waals surface area contributed by atoms with Crippen molar-refractivity contribution >= 4 is 21.7 Å². The highest BCUT2D eigenvalue weighted by atomic mass is 79.9. The highest BCUT2D eigenvalue weighted by molar-refractivity contribution is 9.10. The highest BCUT2D eigenvalue weighted by Crippen LogP contribution is 2.23. The van der Waals surface area contributed by atoms with Gasteiger partial charge in [-0.3, -0.25) is 9.48 Å². The lowest BCUT2D eigenvalue weighted by Gasteiger charge is -2.17. The standard InChI is InChI=1S/C11H16BrN3O2/c1-3-13-9-6-17-5-7(9)11(16)10-8(12)4-14-15(10)2/h4,7,9,13H,3,5-6H2,1-2H3. The Morgan fingerprint density at radius 2 is 2.47 bits per heavy atom. The molecule has 0 aliphatic carbocycles. The van der Waals surface area contributed by atoms with Crippen molar-refractivity contribution in [1.82, 2.24) is 15.1 Å². The Labute approximate surface area is 109 Å². The Bertz CT molecular complexity index is 399. The molecule has 2 unspecified atom stereocenters. The minimum Gasteiger partial charge on any atom is -0.379 e. The molecule has 2 atom stereocenters. The van der Waals surface area contributed by atoms with Gasteiger partial charge < -0.3 is 10.1 Å². The van der Waals surface area contributed by atoms with Gasteiger partial charge in [-0.1, -0.05) is 6.92 Å². The number of halogens is 1. The van der Waals surface area contributed by atoms with Gasteiger partial charge in [-0.15, -0.1) is 0 Å². The number of ketones is 1. The molecule has 94 valence electrons. The molecule has 1 N–H and O–H groups in total. The van der Waals surface area contributed by atoms with Crippen molar-refractivity contribution in [3.63, 3.8) is 0 Å². The number of nitrogens with one attached hydrogen (secondary N) is 1. The van der Waals surface area contributed by atoms with E-state index in [1.807, 2.05) is 6.92 Å². The Kier molecular flexibility index (Phi) is 3.96. The monoisotopic (exact) mass is 301 g/mol. The van der Waals surface area contributed by atoms with Crippen LogP contribution in [0, 0.1) is 5.92 Å². The number of carbonyl (C=O) groups excluding carboxylic acids is 1. The molecule has 1 aliphatic rings. The summed E-state index contributed by atoms with van der Waals surface area (Å²) >= 11 is 3.36. The Balaban J connectivity index is 2.20. The van der Waals surface area contributed by atoms with Crippen molar-refractivity contribution in [2.45, 2.75) is 13.0 Å². The first-order valence-electron chi connectivity index (χ1n) is 5.68. The Morgan fingerprint density at radius 3 is 3.06 bits per heavy atom. The van der Waals surface area contributed by atoms with E-state index >= 15 is 0 Å². The van der Waals surface area contributed by atoms with Crippen LogP contribution in [0.25, 0.3) is 0 Å². The second-order valence-electron chi connectivity index (χ2n) is 4.14. The molecule has 1 fully saturated rings. The predicted molar refractivity (Wildman–Crippen MR) is 67.0 cm³/mol. The summed E-state index contributed by atoms with van der Waals surface area (Å²) in [5, 5.41) is 7.35. The number of likely N-dealkylation sites (N-methyl/N-ethyl adjacent to an activating group) is 1. The van der Waals surface area contributed by atoms with Gasteiger partial charge in [0, 0.05) is 13.1 Å². The maximum Gasteiger partial charge on any atom is 0.189 e. The van der Waals surface area contributed by atoms with E-state index in [-0.39, 0.29) is 17.7 Å². The number of ether oxygens (including phenoxy) is 1. The number of carbonyl (C=O) groups is 1. The maximum atomic E-state index is 12.4. The first kappa shape index (κ1) is 12.7. The minimum atomic E-state index is -0.123. The molecule has 6 heteroatoms. The molecular formula is C11H16BrN3O2. The van der Waals surface area contributed by atoms with Crippen LogP contribution in [0.4, 0.5) is 0 Å². The number of aromatic nitrogens is 2. The van der Waals surface area contributed by atoms with E-state index in [0.29, 0.717) is 18.9 Å². The van der Waals surface area contributed by atoms with Gasteiger partial charge >= 0.3 is 0 Å². The van der Waals surface area contributed by atoms with Gasteiger partial charge in [0.15, 0.2) is 5.78 Å². The van der Waals surface area contributed by atoms with Gasteiger partial charge in [-0.25, -0.2) is 0 Å². The van der Waals surface area contributed by atoms with Gasteiger partial charge in [-0.2, -0.15) is 5.10 Å². The van der Waals surface area contributed by atoms with Crippen molar-refractivity contribution in [2.75, 3.05) is 19.8 Å². The zero-order chi connectivity index (χ0) is 12.4. The topological polar surface area (TPSA) is 56.1 Å².